The summed E-state index contributed by atoms with van der Waals surface area (Å²) in [5, 5.41) is 21.6. The minimum absolute atomic E-state index is 0.0814. The number of Topliss-reactive ketones (excluding diaryl/α,β-unsaturated/α-hetero) is 1. The van der Waals surface area contributed by atoms with Crippen LogP contribution in [0.4, 0.5) is 0 Å². The Balaban J connectivity index is 0.000000803. The van der Waals surface area contributed by atoms with Gasteiger partial charge in [-0.3, -0.25) is 4.79 Å². The van der Waals surface area contributed by atoms with Gasteiger partial charge in [0.2, 0.25) is 0 Å². The van der Waals surface area contributed by atoms with E-state index in [0.29, 0.717) is 45.1 Å². The Kier molecular flexibility index (Phi) is 15.4. The van der Waals surface area contributed by atoms with E-state index in [9.17, 15) is 14.8 Å². The molecular formula is C39H64N2O11. The molecule has 0 aromatic heterocycles. The third kappa shape index (κ3) is 11.0. The van der Waals surface area contributed by atoms with Gasteiger partial charge >= 0.3 is 0 Å². The molecule has 296 valence electrons. The maximum atomic E-state index is 12.9. The summed E-state index contributed by atoms with van der Waals surface area (Å²) in [6.45, 7) is 13.2. The fourth-order valence-electron chi connectivity index (χ4n) is 8.64. The van der Waals surface area contributed by atoms with Crippen molar-refractivity contribution in [2.75, 3.05) is 26.9 Å². The van der Waals surface area contributed by atoms with E-state index in [1.807, 2.05) is 6.92 Å². The van der Waals surface area contributed by atoms with Gasteiger partial charge in [0.25, 0.3) is 0 Å². The van der Waals surface area contributed by atoms with Crippen molar-refractivity contribution >= 4 is 5.78 Å². The number of carbonyl (C=O) groups excluding carboxylic acids is 1. The minimum atomic E-state index is -1.07. The highest BCUT2D eigenvalue weighted by Gasteiger charge is 2.55. The molecule has 13 nitrogen and oxygen atoms in total. The van der Waals surface area contributed by atoms with Crippen LogP contribution in [-0.2, 0) is 38.0 Å². The summed E-state index contributed by atoms with van der Waals surface area (Å²) in [7, 11) is 1.66. The molecule has 0 spiro atoms. The second-order valence-corrected chi connectivity index (χ2v) is 16.1. The summed E-state index contributed by atoms with van der Waals surface area (Å²) in [6.07, 6.45) is 8.53. The number of carbonyl (C=O) groups is 1. The average Bonchev–Trinajstić information content (AvgIpc) is 3.83. The number of nitrogens with two attached hydrogens (primary N) is 1. The lowest BCUT2D eigenvalue weighted by Gasteiger charge is -2.52. The lowest BCUT2D eigenvalue weighted by atomic mass is 9.83. The number of rotatable bonds is 14. The van der Waals surface area contributed by atoms with E-state index < -0.39 is 36.2 Å². The predicted octanol–water partition coefficient (Wildman–Crippen LogP) is 4.43. The van der Waals surface area contributed by atoms with Crippen molar-refractivity contribution in [2.45, 2.75) is 183 Å². The highest BCUT2D eigenvalue weighted by atomic mass is 16.6. The molecule has 52 heavy (non-hydrogen) atoms. The number of methoxy groups -OCH3 is 1. The van der Waals surface area contributed by atoms with Crippen LogP contribution in [0.3, 0.4) is 0 Å². The number of hydrogen-bond acceptors (Lipinski definition) is 13. The zero-order valence-corrected chi connectivity index (χ0v) is 31.5. The summed E-state index contributed by atoms with van der Waals surface area (Å²) in [4.78, 5) is 22.2. The molecule has 0 saturated carbocycles. The first-order chi connectivity index (χ1) is 24.9. The molecule has 6 aliphatic heterocycles. The van der Waals surface area contributed by atoms with Crippen molar-refractivity contribution in [1.29, 1.82) is 0 Å². The van der Waals surface area contributed by atoms with E-state index in [1.165, 1.54) is 11.1 Å². The van der Waals surface area contributed by atoms with Crippen LogP contribution in [0.25, 0.3) is 0 Å². The van der Waals surface area contributed by atoms with Gasteiger partial charge in [-0.2, -0.15) is 4.91 Å². The van der Waals surface area contributed by atoms with E-state index >= 15 is 0 Å². The van der Waals surface area contributed by atoms with E-state index in [4.69, 9.17) is 44.0 Å². The highest BCUT2D eigenvalue weighted by Crippen LogP contribution is 2.42. The number of nitroso groups, excluding NO2 is 1. The van der Waals surface area contributed by atoms with Gasteiger partial charge in [-0.05, 0) is 89.5 Å². The van der Waals surface area contributed by atoms with Crippen LogP contribution in [0.1, 0.15) is 104 Å². The molecular weight excluding hydrogens is 672 g/mol. The van der Waals surface area contributed by atoms with Crippen LogP contribution in [0.5, 0.6) is 0 Å². The van der Waals surface area contributed by atoms with Gasteiger partial charge < -0.3 is 49.1 Å². The summed E-state index contributed by atoms with van der Waals surface area (Å²) in [5.41, 5.74) is 8.13. The number of ketones is 1. The van der Waals surface area contributed by atoms with Gasteiger partial charge in [0.05, 0.1) is 68.1 Å². The van der Waals surface area contributed by atoms with Crippen LogP contribution in [-0.4, -0.2) is 122 Å². The summed E-state index contributed by atoms with van der Waals surface area (Å²) < 4.78 is 43.2. The lowest BCUT2D eigenvalue weighted by molar-refractivity contribution is -0.296. The molecule has 6 fully saturated rings. The van der Waals surface area contributed by atoms with Gasteiger partial charge in [-0.25, -0.2) is 0 Å². The third-order valence-corrected chi connectivity index (χ3v) is 11.9. The molecule has 6 aliphatic rings. The second kappa shape index (κ2) is 19.3. The minimum Gasteiger partial charge on any atom is -0.394 e. The monoisotopic (exact) mass is 736 g/mol. The molecule has 0 aliphatic carbocycles. The molecule has 14 atom stereocenters. The number of nitrogens with zero attached hydrogens (tertiary/aromatic N) is 1. The normalized spacial score (nSPS) is 41.3. The zero-order valence-electron chi connectivity index (χ0n) is 31.5. The molecule has 11 unspecified atom stereocenters. The van der Waals surface area contributed by atoms with Crippen LogP contribution < -0.4 is 5.73 Å². The zero-order chi connectivity index (χ0) is 37.4. The first-order valence-electron chi connectivity index (χ1n) is 19.6. The molecule has 13 heteroatoms. The first kappa shape index (κ1) is 41.5. The smallest absolute Gasteiger partial charge is 0.146 e. The van der Waals surface area contributed by atoms with Crippen LogP contribution >= 0.6 is 0 Å². The third-order valence-electron chi connectivity index (χ3n) is 11.9. The standard InChI is InChI=1S/C36H57NO9.C3H7NO2/c1-21-5-6-26(42-20-21)9-10-31-22(2)15-27(43-31)7-8-28-18-30(39)34(44-28)32-19-33(40-4)35-36(37,46-32)13-11-29(45-35)17-25(38)16-24-12-14-41-23(24)3;1-3(2-5)4-6/h23-24,26-35,39H,1-2,5-20,37H2,3-4H3;3,5H,2H2,1H3/t23-,24?,26+,27?,28?,29?,30?,31?,32?,33?,34?,35+,36?;/m0./s1. The number of ether oxygens (including phenoxy) is 7. The molecule has 4 N–H and O–H groups in total. The molecule has 0 aromatic carbocycles. The van der Waals surface area contributed by atoms with Gasteiger partial charge in [0.15, 0.2) is 0 Å². The predicted molar refractivity (Wildman–Crippen MR) is 193 cm³/mol. The Bertz CT molecular complexity index is 1190. The molecule has 0 amide bonds. The fraction of sp³-hybridized carbons (Fsp3) is 0.872. The number of aliphatic hydroxyl groups excluding tert-OH is 2. The molecule has 0 bridgehead atoms. The van der Waals surface area contributed by atoms with Gasteiger partial charge in [0.1, 0.15) is 29.8 Å². The van der Waals surface area contributed by atoms with Crippen molar-refractivity contribution < 1.29 is 48.2 Å². The van der Waals surface area contributed by atoms with Crippen molar-refractivity contribution in [2.24, 2.45) is 16.8 Å². The maximum absolute atomic E-state index is 12.9. The molecule has 6 rings (SSSR count). The Morgan fingerprint density at radius 2 is 1.79 bits per heavy atom. The molecule has 6 heterocycles. The van der Waals surface area contributed by atoms with E-state index in [1.54, 1.807) is 14.0 Å². The first-order valence-corrected chi connectivity index (χ1v) is 19.6. The topological polar surface area (TPSA) is 178 Å². The average molecular weight is 737 g/mol. The quantitative estimate of drug-likeness (QED) is 0.169. The molecule has 0 radical (unpaired) electrons. The molecule has 0 aromatic rings. The Hall–Kier alpha value is -1.65. The van der Waals surface area contributed by atoms with Crippen molar-refractivity contribution in [3.8, 4) is 0 Å². The lowest BCUT2D eigenvalue weighted by Crippen LogP contribution is -2.69. The van der Waals surface area contributed by atoms with Crippen molar-refractivity contribution in [3.05, 3.63) is 29.2 Å². The molecule has 6 saturated heterocycles. The van der Waals surface area contributed by atoms with Crippen LogP contribution in [0, 0.1) is 10.8 Å². The SMILES string of the molecule is C=C1CC[C@H](CCC2OC(CCC3CC(O)C(C4CC(OC)[C@H]5OC(CC(=O)CC6CCO[C@H]6C)CCC5(N)O4)O3)CC2=C)OC1.CC(CO)N=O. The van der Waals surface area contributed by atoms with Gasteiger partial charge in [-0.1, -0.05) is 23.9 Å². The Morgan fingerprint density at radius 1 is 1.02 bits per heavy atom. The Morgan fingerprint density at radius 3 is 2.44 bits per heavy atom. The van der Waals surface area contributed by atoms with Crippen molar-refractivity contribution in [1.82, 2.24) is 0 Å². The number of hydrogen-bond donors (Lipinski definition) is 3. The number of fused-ring (bicyclic) bond motifs is 1. The van der Waals surface area contributed by atoms with Gasteiger partial charge in [-0.15, -0.1) is 0 Å². The summed E-state index contributed by atoms with van der Waals surface area (Å²) >= 11 is 0. The fourth-order valence-corrected chi connectivity index (χ4v) is 8.64. The second-order valence-electron chi connectivity index (χ2n) is 16.1. The van der Waals surface area contributed by atoms with Gasteiger partial charge in [0, 0.05) is 39.4 Å². The van der Waals surface area contributed by atoms with E-state index in [2.05, 4.69) is 18.3 Å². The van der Waals surface area contributed by atoms with E-state index in [-0.39, 0.29) is 61.0 Å². The van der Waals surface area contributed by atoms with Crippen molar-refractivity contribution in [3.63, 3.8) is 0 Å². The maximum Gasteiger partial charge on any atom is 0.146 e. The number of aliphatic hydroxyl groups is 2. The van der Waals surface area contributed by atoms with Crippen LogP contribution in [0.15, 0.2) is 29.5 Å². The van der Waals surface area contributed by atoms with E-state index in [0.717, 1.165) is 58.0 Å². The Labute approximate surface area is 309 Å². The highest BCUT2D eigenvalue weighted by molar-refractivity contribution is 5.79. The summed E-state index contributed by atoms with van der Waals surface area (Å²) in [6, 6.07) is -0.440. The largest absolute Gasteiger partial charge is 0.394 e. The van der Waals surface area contributed by atoms with Crippen LogP contribution in [0.2, 0.25) is 0 Å². The summed E-state index contributed by atoms with van der Waals surface area (Å²) in [5.74, 6) is 0.491.